The molecule has 1 fully saturated rings. The molecule has 0 spiro atoms. The Morgan fingerprint density at radius 3 is 2.46 bits per heavy atom. The monoisotopic (exact) mass is 375 g/mol. The van der Waals surface area contributed by atoms with Crippen LogP contribution in [-0.2, 0) is 20.8 Å². The number of furan rings is 1. The van der Waals surface area contributed by atoms with Crippen molar-refractivity contribution in [1.82, 2.24) is 0 Å². The van der Waals surface area contributed by atoms with Gasteiger partial charge in [0.2, 0.25) is 0 Å². The summed E-state index contributed by atoms with van der Waals surface area (Å²) in [7, 11) is 0. The molecular formula is C18H17NO6S. The summed E-state index contributed by atoms with van der Waals surface area (Å²) in [6, 6.07) is 12.6. The molecule has 2 aromatic carbocycles. The van der Waals surface area contributed by atoms with Crippen molar-refractivity contribution in [2.75, 3.05) is 17.5 Å². The molecule has 0 aliphatic carbocycles. The molecule has 4 rings (SSSR count). The van der Waals surface area contributed by atoms with E-state index in [1.807, 2.05) is 24.3 Å². The molecule has 0 amide bonds. The molecule has 1 aliphatic heterocycles. The second-order valence-electron chi connectivity index (χ2n) is 6.25. The molecule has 26 heavy (non-hydrogen) atoms. The van der Waals surface area contributed by atoms with Gasteiger partial charge in [0.25, 0.3) is 11.3 Å². The number of para-hydroxylation sites is 1. The third-order valence-electron chi connectivity index (χ3n) is 4.86. The maximum atomic E-state index is 12.1. The van der Waals surface area contributed by atoms with Gasteiger partial charge < -0.3 is 14.3 Å². The number of ether oxygens (including phenoxy) is 1. The number of fused-ring (bicyclic) bond motifs is 3. The van der Waals surface area contributed by atoms with E-state index < -0.39 is 22.8 Å². The van der Waals surface area contributed by atoms with Crippen molar-refractivity contribution in [1.29, 1.82) is 0 Å². The predicted molar refractivity (Wildman–Crippen MR) is 97.4 cm³/mol. The SMILES string of the molecule is O=C(O)C1(N(c2ccc3c(c2)oc2ccccc23)S(=O)O)CCOCC1. The first-order valence-corrected chi connectivity index (χ1v) is 9.23. The summed E-state index contributed by atoms with van der Waals surface area (Å²) in [6.45, 7) is 0.430. The molecular weight excluding hydrogens is 358 g/mol. The highest BCUT2D eigenvalue weighted by atomic mass is 32.2. The van der Waals surface area contributed by atoms with Crippen molar-refractivity contribution < 1.29 is 27.8 Å². The van der Waals surface area contributed by atoms with Crippen LogP contribution in [0.3, 0.4) is 0 Å². The first-order valence-electron chi connectivity index (χ1n) is 8.16. The van der Waals surface area contributed by atoms with Crippen molar-refractivity contribution in [2.45, 2.75) is 18.4 Å². The minimum Gasteiger partial charge on any atom is -0.479 e. The molecule has 8 heteroatoms. The summed E-state index contributed by atoms with van der Waals surface area (Å²) in [5.41, 5.74) is 0.0566. The second-order valence-corrected chi connectivity index (χ2v) is 7.08. The Bertz CT molecular complexity index is 1010. The highest BCUT2D eigenvalue weighted by Crippen LogP contribution is 2.37. The number of hydrogen-bond donors (Lipinski definition) is 2. The topological polar surface area (TPSA) is 100 Å². The van der Waals surface area contributed by atoms with Crippen LogP contribution in [0.1, 0.15) is 12.8 Å². The summed E-state index contributed by atoms with van der Waals surface area (Å²) in [5.74, 6) is -1.15. The Balaban J connectivity index is 1.87. The number of anilines is 1. The van der Waals surface area contributed by atoms with Gasteiger partial charge in [0.1, 0.15) is 11.2 Å². The van der Waals surface area contributed by atoms with Crippen LogP contribution in [0.15, 0.2) is 46.9 Å². The fourth-order valence-corrected chi connectivity index (χ4v) is 4.39. The quantitative estimate of drug-likeness (QED) is 0.680. The molecule has 2 heterocycles. The number of carboxylic acid groups (broad SMARTS) is 1. The molecule has 0 bridgehead atoms. The zero-order valence-electron chi connectivity index (χ0n) is 13.8. The molecule has 0 saturated carbocycles. The third kappa shape index (κ3) is 2.57. The van der Waals surface area contributed by atoms with Crippen LogP contribution in [0, 0.1) is 0 Å². The van der Waals surface area contributed by atoms with Gasteiger partial charge in [-0.3, -0.25) is 8.86 Å². The van der Waals surface area contributed by atoms with Gasteiger partial charge in [-0.05, 0) is 18.2 Å². The summed E-state index contributed by atoms with van der Waals surface area (Å²) >= 11 is -2.52. The van der Waals surface area contributed by atoms with Gasteiger partial charge in [0, 0.05) is 42.9 Å². The lowest BCUT2D eigenvalue weighted by Crippen LogP contribution is -2.58. The fourth-order valence-electron chi connectivity index (χ4n) is 3.54. The van der Waals surface area contributed by atoms with Crippen molar-refractivity contribution in [2.24, 2.45) is 0 Å². The molecule has 136 valence electrons. The van der Waals surface area contributed by atoms with E-state index in [1.165, 1.54) is 0 Å². The lowest BCUT2D eigenvalue weighted by atomic mass is 9.89. The molecule has 1 saturated heterocycles. The minimum atomic E-state index is -2.52. The molecule has 1 aliphatic rings. The first kappa shape index (κ1) is 17.0. The Labute approximate surface area is 151 Å². The maximum absolute atomic E-state index is 12.1. The lowest BCUT2D eigenvalue weighted by molar-refractivity contribution is -0.146. The molecule has 1 unspecified atom stereocenters. The zero-order chi connectivity index (χ0) is 18.3. The van der Waals surface area contributed by atoms with Crippen molar-refractivity contribution in [3.63, 3.8) is 0 Å². The molecule has 1 aromatic heterocycles. The number of carbonyl (C=O) groups is 1. The normalized spacial score (nSPS) is 18.0. The van der Waals surface area contributed by atoms with E-state index in [0.717, 1.165) is 15.1 Å². The largest absolute Gasteiger partial charge is 0.479 e. The van der Waals surface area contributed by atoms with Gasteiger partial charge in [-0.15, -0.1) is 0 Å². The van der Waals surface area contributed by atoms with Gasteiger partial charge in [-0.25, -0.2) is 9.00 Å². The van der Waals surface area contributed by atoms with Crippen LogP contribution in [0.2, 0.25) is 0 Å². The predicted octanol–water partition coefficient (Wildman–Crippen LogP) is 3.16. The van der Waals surface area contributed by atoms with Crippen LogP contribution in [-0.4, -0.2) is 38.6 Å². The second kappa shape index (κ2) is 6.39. The fraction of sp³-hybridized carbons (Fsp3) is 0.278. The van der Waals surface area contributed by atoms with Crippen LogP contribution in [0.4, 0.5) is 5.69 Å². The average molecular weight is 375 g/mol. The number of nitrogens with zero attached hydrogens (tertiary/aromatic N) is 1. The number of rotatable bonds is 4. The van der Waals surface area contributed by atoms with Crippen molar-refractivity contribution >= 4 is 44.9 Å². The average Bonchev–Trinajstić information content (AvgIpc) is 3.00. The summed E-state index contributed by atoms with van der Waals surface area (Å²) in [4.78, 5) is 12.0. The molecule has 2 N–H and O–H groups in total. The number of carboxylic acids is 1. The van der Waals surface area contributed by atoms with E-state index in [9.17, 15) is 18.7 Å². The van der Waals surface area contributed by atoms with E-state index >= 15 is 0 Å². The Hall–Kier alpha value is -2.42. The molecule has 7 nitrogen and oxygen atoms in total. The van der Waals surface area contributed by atoms with Crippen LogP contribution >= 0.6 is 0 Å². The van der Waals surface area contributed by atoms with E-state index in [-0.39, 0.29) is 26.1 Å². The Morgan fingerprint density at radius 2 is 1.77 bits per heavy atom. The van der Waals surface area contributed by atoms with Gasteiger partial charge in [0.05, 0.1) is 5.69 Å². The van der Waals surface area contributed by atoms with E-state index in [1.54, 1.807) is 18.2 Å². The van der Waals surface area contributed by atoms with Crippen LogP contribution in [0.25, 0.3) is 21.9 Å². The Morgan fingerprint density at radius 1 is 1.08 bits per heavy atom. The maximum Gasteiger partial charge on any atom is 0.330 e. The third-order valence-corrected chi connectivity index (χ3v) is 5.73. The van der Waals surface area contributed by atoms with Crippen LogP contribution < -0.4 is 4.31 Å². The van der Waals surface area contributed by atoms with Gasteiger partial charge in [-0.1, -0.05) is 18.2 Å². The first-order chi connectivity index (χ1) is 12.5. The molecule has 3 aromatic rings. The van der Waals surface area contributed by atoms with Gasteiger partial charge >= 0.3 is 5.97 Å². The number of hydrogen-bond acceptors (Lipinski definition) is 4. The number of benzene rings is 2. The van der Waals surface area contributed by atoms with Gasteiger partial charge in [-0.2, -0.15) is 0 Å². The summed E-state index contributed by atoms with van der Waals surface area (Å²) in [6.07, 6.45) is 0.236. The highest BCUT2D eigenvalue weighted by molar-refractivity contribution is 7.80. The Kier molecular flexibility index (Phi) is 4.18. The van der Waals surface area contributed by atoms with Crippen LogP contribution in [0.5, 0.6) is 0 Å². The van der Waals surface area contributed by atoms with E-state index in [4.69, 9.17) is 9.15 Å². The van der Waals surface area contributed by atoms with Gasteiger partial charge in [0.15, 0.2) is 5.54 Å². The highest BCUT2D eigenvalue weighted by Gasteiger charge is 2.48. The van der Waals surface area contributed by atoms with E-state index in [2.05, 4.69) is 0 Å². The molecule has 0 radical (unpaired) electrons. The van der Waals surface area contributed by atoms with Crippen molar-refractivity contribution in [3.8, 4) is 0 Å². The summed E-state index contributed by atoms with van der Waals surface area (Å²) < 4.78 is 34.2. The standard InChI is InChI=1S/C18H17NO6S/c20-17(21)18(7-9-24-10-8-18)19(26(22)23)12-5-6-14-13-3-1-2-4-15(13)25-16(14)11-12/h1-6,11H,7-10H2,(H,20,21)(H,22,23). The minimum absolute atomic E-state index is 0.118. The number of aliphatic carboxylic acids is 1. The molecule has 1 atom stereocenters. The van der Waals surface area contributed by atoms with Crippen molar-refractivity contribution in [3.05, 3.63) is 42.5 Å². The zero-order valence-corrected chi connectivity index (χ0v) is 14.6. The smallest absolute Gasteiger partial charge is 0.330 e. The lowest BCUT2D eigenvalue weighted by Gasteiger charge is -2.41. The van der Waals surface area contributed by atoms with E-state index in [0.29, 0.717) is 16.9 Å². The summed E-state index contributed by atoms with van der Waals surface area (Å²) in [5, 5.41) is 11.6.